The predicted molar refractivity (Wildman–Crippen MR) is 177 cm³/mol. The summed E-state index contributed by atoms with van der Waals surface area (Å²) < 4.78 is 2.59. The van der Waals surface area contributed by atoms with E-state index in [4.69, 9.17) is 0 Å². The Balaban J connectivity index is 0.00000401. The maximum absolute atomic E-state index is 14.2. The van der Waals surface area contributed by atoms with Crippen molar-refractivity contribution in [3.63, 3.8) is 0 Å². The summed E-state index contributed by atoms with van der Waals surface area (Å²) in [7, 11) is 0. The number of rotatable bonds is 7. The molecule has 0 saturated heterocycles. The van der Waals surface area contributed by atoms with Gasteiger partial charge in [-0.3, -0.25) is 28.4 Å². The molecule has 1 aliphatic heterocycles. The smallest absolute Gasteiger partial charge is 0.493 e. The minimum absolute atomic E-state index is 0. The summed E-state index contributed by atoms with van der Waals surface area (Å²) in [5.41, 5.74) is 0.365. The van der Waals surface area contributed by atoms with Crippen LogP contribution in [-0.2, 0) is 17.1 Å². The van der Waals surface area contributed by atoms with E-state index < -0.39 is 35.0 Å². The van der Waals surface area contributed by atoms with Gasteiger partial charge in [0.15, 0.2) is 0 Å². The van der Waals surface area contributed by atoms with Gasteiger partial charge >= 0.3 is 22.8 Å². The largest absolute Gasteiger partial charge is 2.00 e. The third kappa shape index (κ3) is 5.97. The molecule has 0 unspecified atom stereocenters. The van der Waals surface area contributed by atoms with Gasteiger partial charge in [-0.1, -0.05) is 105 Å². The molecular formula is C37H37CuN5O5+2. The summed E-state index contributed by atoms with van der Waals surface area (Å²) in [6.45, 7) is 0. The molecule has 4 aromatic rings. The summed E-state index contributed by atoms with van der Waals surface area (Å²) >= 11 is 0. The van der Waals surface area contributed by atoms with E-state index in [1.54, 1.807) is 18.2 Å². The first-order valence-corrected chi connectivity index (χ1v) is 16.6. The molecule has 0 bridgehead atoms. The van der Waals surface area contributed by atoms with Gasteiger partial charge < -0.3 is 5.11 Å². The zero-order valence-electron chi connectivity index (χ0n) is 26.4. The number of carbonyl (C=O) groups excluding carboxylic acids is 2. The minimum atomic E-state index is -0.694. The first-order chi connectivity index (χ1) is 23.0. The number of aromatic nitrogens is 2. The van der Waals surface area contributed by atoms with Gasteiger partial charge in [0.05, 0.1) is 22.9 Å². The average Bonchev–Trinajstić information content (AvgIpc) is 3.36. The zero-order valence-corrected chi connectivity index (χ0v) is 27.4. The van der Waals surface area contributed by atoms with Crippen molar-refractivity contribution in [2.24, 2.45) is 10.2 Å². The quantitative estimate of drug-likeness (QED) is 0.122. The van der Waals surface area contributed by atoms with Crippen LogP contribution in [0.4, 0.5) is 11.4 Å². The van der Waals surface area contributed by atoms with E-state index in [0.717, 1.165) is 62.5 Å². The van der Waals surface area contributed by atoms with Crippen LogP contribution in [0.5, 0.6) is 5.88 Å². The van der Waals surface area contributed by atoms with E-state index in [0.29, 0.717) is 12.8 Å². The number of carbonyl (C=O) groups is 2. The average molecular weight is 695 g/mol. The van der Waals surface area contributed by atoms with Gasteiger partial charge in [0, 0.05) is 12.1 Å². The molecule has 1 N–H and O–H groups in total. The van der Waals surface area contributed by atoms with Crippen LogP contribution in [0.15, 0.2) is 98.7 Å². The SMILES string of the molecule is O=C1c2cccc(N=Nc3c(O)n(C4CCCCC4)c(=O)n(C4CCCCC4)c3=O)c2C(=O)N1C(c1ccccc1)c1ccccc1.[Cu+2]. The fourth-order valence-corrected chi connectivity index (χ4v) is 7.50. The fraction of sp³-hybridized carbons (Fsp3) is 0.351. The van der Waals surface area contributed by atoms with Crippen molar-refractivity contribution in [2.45, 2.75) is 82.3 Å². The molecule has 0 atom stereocenters. The van der Waals surface area contributed by atoms with E-state index in [9.17, 15) is 24.3 Å². The minimum Gasteiger partial charge on any atom is -0.493 e. The Bertz CT molecular complexity index is 1920. The molecule has 1 aromatic heterocycles. The van der Waals surface area contributed by atoms with Crippen molar-refractivity contribution in [3.8, 4) is 5.88 Å². The number of fused-ring (bicyclic) bond motifs is 1. The van der Waals surface area contributed by atoms with Gasteiger partial charge in [-0.05, 0) is 48.9 Å². The number of hydrogen-bond donors (Lipinski definition) is 1. The number of imide groups is 1. The van der Waals surface area contributed by atoms with Crippen molar-refractivity contribution in [2.75, 3.05) is 0 Å². The predicted octanol–water partition coefficient (Wildman–Crippen LogP) is 7.52. The number of aromatic hydroxyl groups is 1. The van der Waals surface area contributed by atoms with Crippen LogP contribution >= 0.6 is 0 Å². The summed E-state index contributed by atoms with van der Waals surface area (Å²) in [5.74, 6) is -1.51. The third-order valence-electron chi connectivity index (χ3n) is 9.82. The summed E-state index contributed by atoms with van der Waals surface area (Å²) in [5, 5.41) is 20.0. The Kier molecular flexibility index (Phi) is 9.89. The van der Waals surface area contributed by atoms with Crippen LogP contribution in [-0.4, -0.2) is 31.0 Å². The van der Waals surface area contributed by atoms with E-state index in [1.165, 1.54) is 14.0 Å². The van der Waals surface area contributed by atoms with Crippen LogP contribution in [0.2, 0.25) is 0 Å². The monoisotopic (exact) mass is 694 g/mol. The Morgan fingerprint density at radius 1 is 0.625 bits per heavy atom. The molecule has 3 aliphatic rings. The third-order valence-corrected chi connectivity index (χ3v) is 9.82. The van der Waals surface area contributed by atoms with Gasteiger partial charge in [0.25, 0.3) is 17.4 Å². The molecule has 48 heavy (non-hydrogen) atoms. The van der Waals surface area contributed by atoms with E-state index >= 15 is 0 Å². The molecule has 2 heterocycles. The molecule has 249 valence electrons. The van der Waals surface area contributed by atoms with E-state index in [2.05, 4.69) is 10.2 Å². The van der Waals surface area contributed by atoms with Crippen molar-refractivity contribution < 1.29 is 31.8 Å². The number of amides is 2. The zero-order chi connectivity index (χ0) is 32.5. The molecular weight excluding hydrogens is 658 g/mol. The van der Waals surface area contributed by atoms with Gasteiger partial charge in [0.1, 0.15) is 0 Å². The molecule has 11 heteroatoms. The van der Waals surface area contributed by atoms with Crippen LogP contribution < -0.4 is 11.2 Å². The maximum Gasteiger partial charge on any atom is 2.00 e. The Morgan fingerprint density at radius 2 is 1.17 bits per heavy atom. The molecule has 7 rings (SSSR count). The second-order valence-corrected chi connectivity index (χ2v) is 12.7. The molecule has 2 aliphatic carbocycles. The summed E-state index contributed by atoms with van der Waals surface area (Å²) in [6.07, 6.45) is 8.60. The van der Waals surface area contributed by atoms with Gasteiger partial charge in [-0.15, -0.1) is 10.2 Å². The van der Waals surface area contributed by atoms with Crippen LogP contribution in [0, 0.1) is 0 Å². The van der Waals surface area contributed by atoms with Crippen LogP contribution in [0.3, 0.4) is 0 Å². The van der Waals surface area contributed by atoms with E-state index in [-0.39, 0.29) is 51.7 Å². The number of nitrogens with zero attached hydrogens (tertiary/aromatic N) is 5. The fourth-order valence-electron chi connectivity index (χ4n) is 7.50. The van der Waals surface area contributed by atoms with Crippen molar-refractivity contribution in [1.29, 1.82) is 0 Å². The molecule has 2 fully saturated rings. The Morgan fingerprint density at radius 3 is 1.73 bits per heavy atom. The first kappa shape index (κ1) is 33.3. The molecule has 0 spiro atoms. The number of benzene rings is 3. The summed E-state index contributed by atoms with van der Waals surface area (Å²) in [4.78, 5) is 57.0. The molecule has 1 radical (unpaired) electrons. The molecule has 3 aromatic carbocycles. The molecule has 2 saturated carbocycles. The maximum atomic E-state index is 14.2. The Labute approximate surface area is 288 Å². The number of hydrogen-bond acceptors (Lipinski definition) is 7. The second-order valence-electron chi connectivity index (χ2n) is 12.7. The topological polar surface area (TPSA) is 126 Å². The van der Waals surface area contributed by atoms with E-state index in [1.807, 2.05) is 60.7 Å². The summed E-state index contributed by atoms with van der Waals surface area (Å²) in [6, 6.07) is 22.3. The van der Waals surface area contributed by atoms with Crippen LogP contribution in [0.25, 0.3) is 0 Å². The van der Waals surface area contributed by atoms with Crippen molar-refractivity contribution in [3.05, 3.63) is 122 Å². The van der Waals surface area contributed by atoms with Gasteiger partial charge in [-0.2, -0.15) is 0 Å². The second kappa shape index (κ2) is 14.3. The van der Waals surface area contributed by atoms with Crippen LogP contribution in [0.1, 0.15) is 114 Å². The Hall–Kier alpha value is -4.60. The first-order valence-electron chi connectivity index (χ1n) is 16.6. The van der Waals surface area contributed by atoms with Crippen molar-refractivity contribution >= 4 is 23.2 Å². The standard InChI is InChI=1S/C37H37N5O5.Cu/c43-33-28-22-13-23-29(30(28)34(44)42(33)32(24-14-5-1-6-15-24)25-16-7-2-8-17-25)38-39-31-35(45)40(26-18-9-3-10-19-26)37(47)41(36(31)46)27-20-11-4-12-21-27;/h1-2,5-8,13-17,22-23,26-27,32,45H,3-4,9-12,18-21H2;/q;+2. The molecule has 2 amide bonds. The van der Waals surface area contributed by atoms with Gasteiger partial charge in [0.2, 0.25) is 11.6 Å². The van der Waals surface area contributed by atoms with Gasteiger partial charge in [-0.25, -0.2) is 4.79 Å². The van der Waals surface area contributed by atoms with Crippen molar-refractivity contribution in [1.82, 2.24) is 14.0 Å². The molecule has 10 nitrogen and oxygen atoms in total. The number of azo groups is 1. The normalized spacial score (nSPS) is 17.2.